The quantitative estimate of drug-likeness (QED) is 0.804. The summed E-state index contributed by atoms with van der Waals surface area (Å²) in [5, 5.41) is 10.5. The molecule has 2 fully saturated rings. The van der Waals surface area contributed by atoms with Crippen molar-refractivity contribution in [3.05, 3.63) is 65.7 Å². The summed E-state index contributed by atoms with van der Waals surface area (Å²) < 4.78 is 17.5. The van der Waals surface area contributed by atoms with Crippen LogP contribution in [0.5, 0.6) is 5.75 Å². The van der Waals surface area contributed by atoms with Gasteiger partial charge >= 0.3 is 0 Å². The molecule has 2 aromatic carbocycles. The fourth-order valence-electron chi connectivity index (χ4n) is 3.96. The highest BCUT2D eigenvalue weighted by Gasteiger charge is 2.57. The molecule has 4 atom stereocenters. The summed E-state index contributed by atoms with van der Waals surface area (Å²) in [4.78, 5) is 14.1. The van der Waals surface area contributed by atoms with Crippen molar-refractivity contribution in [1.29, 1.82) is 0 Å². The molecule has 1 N–H and O–H groups in total. The zero-order chi connectivity index (χ0) is 19.9. The fraction of sp³-hybridized carbons (Fsp3) is 0.409. The summed E-state index contributed by atoms with van der Waals surface area (Å²) in [6, 6.07) is 16.8. The highest BCUT2D eigenvalue weighted by molar-refractivity contribution is 5.88. The Morgan fingerprint density at radius 1 is 1.07 bits per heavy atom. The van der Waals surface area contributed by atoms with E-state index in [1.165, 1.54) is 0 Å². The molecule has 0 radical (unpaired) electrons. The van der Waals surface area contributed by atoms with Gasteiger partial charge in [-0.15, -0.1) is 0 Å². The number of aliphatic hydroxyl groups is 1. The van der Waals surface area contributed by atoms with Gasteiger partial charge in [-0.25, -0.2) is 0 Å². The molecule has 0 aromatic heterocycles. The molecule has 2 aliphatic heterocycles. The van der Waals surface area contributed by atoms with Crippen molar-refractivity contribution in [3.8, 4) is 5.75 Å². The van der Waals surface area contributed by atoms with Crippen LogP contribution in [0, 0.1) is 0 Å². The number of likely N-dealkylation sites (tertiary alicyclic amines) is 1. The van der Waals surface area contributed by atoms with E-state index in [0.29, 0.717) is 6.54 Å². The fourth-order valence-corrected chi connectivity index (χ4v) is 3.96. The minimum absolute atomic E-state index is 0.282. The first-order valence-electron chi connectivity index (χ1n) is 9.42. The minimum Gasteiger partial charge on any atom is -0.497 e. The molecule has 2 saturated heterocycles. The van der Waals surface area contributed by atoms with Crippen molar-refractivity contribution in [2.24, 2.45) is 0 Å². The van der Waals surface area contributed by atoms with E-state index < -0.39 is 30.1 Å². The van der Waals surface area contributed by atoms with E-state index in [1.807, 2.05) is 68.4 Å². The SMILES string of the molecule is COc1ccc([C@@H]2OC(C)(C)O[C@H]2[C@H]2[C@@H](O)C(=O)N2Cc2ccccc2)cc1. The normalized spacial score (nSPS) is 28.9. The standard InChI is InChI=1S/C22H25NO5/c1-22(2)27-19(15-9-11-16(26-3)12-10-15)20(28-22)17-18(24)21(25)23(17)13-14-7-5-4-6-8-14/h4-12,17-20,24H,13H2,1-3H3/t17-,18-,19+,20+/m1/s1. The summed E-state index contributed by atoms with van der Waals surface area (Å²) in [5.74, 6) is -0.342. The summed E-state index contributed by atoms with van der Waals surface area (Å²) in [5.41, 5.74) is 1.93. The van der Waals surface area contributed by atoms with Gasteiger partial charge in [-0.05, 0) is 37.1 Å². The van der Waals surface area contributed by atoms with E-state index in [-0.39, 0.29) is 5.91 Å². The Morgan fingerprint density at radius 3 is 2.39 bits per heavy atom. The molecule has 28 heavy (non-hydrogen) atoms. The van der Waals surface area contributed by atoms with Gasteiger partial charge in [0.05, 0.1) is 13.2 Å². The predicted molar refractivity (Wildman–Crippen MR) is 103 cm³/mol. The Hall–Kier alpha value is -2.41. The topological polar surface area (TPSA) is 68.2 Å². The van der Waals surface area contributed by atoms with Gasteiger partial charge in [0, 0.05) is 6.54 Å². The molecule has 2 heterocycles. The molecule has 1 amide bonds. The van der Waals surface area contributed by atoms with Crippen LogP contribution in [0.4, 0.5) is 0 Å². The average molecular weight is 383 g/mol. The molecule has 0 aliphatic carbocycles. The van der Waals surface area contributed by atoms with Gasteiger partial charge in [0.25, 0.3) is 5.91 Å². The molecule has 2 aromatic rings. The van der Waals surface area contributed by atoms with Gasteiger partial charge in [0.2, 0.25) is 0 Å². The number of aliphatic hydroxyl groups excluding tert-OH is 1. The molecule has 0 saturated carbocycles. The van der Waals surface area contributed by atoms with Crippen molar-refractivity contribution < 1.29 is 24.1 Å². The lowest BCUT2D eigenvalue weighted by Crippen LogP contribution is -2.69. The highest BCUT2D eigenvalue weighted by Crippen LogP contribution is 2.44. The Bertz CT molecular complexity index is 836. The maximum Gasteiger partial charge on any atom is 0.254 e. The summed E-state index contributed by atoms with van der Waals surface area (Å²) in [6.07, 6.45) is -1.96. The second-order valence-electron chi connectivity index (χ2n) is 7.68. The lowest BCUT2D eigenvalue weighted by molar-refractivity contribution is -0.190. The third kappa shape index (κ3) is 3.39. The first-order valence-corrected chi connectivity index (χ1v) is 9.42. The molecular weight excluding hydrogens is 358 g/mol. The number of hydrogen-bond donors (Lipinski definition) is 1. The molecule has 148 valence electrons. The lowest BCUT2D eigenvalue weighted by atomic mass is 9.87. The van der Waals surface area contributed by atoms with Crippen LogP contribution < -0.4 is 4.74 Å². The van der Waals surface area contributed by atoms with Gasteiger partial charge in [0.15, 0.2) is 11.9 Å². The number of β-lactam (4-membered cyclic amide) rings is 1. The first kappa shape index (κ1) is 18.9. The lowest BCUT2D eigenvalue weighted by Gasteiger charge is -2.47. The number of hydrogen-bond acceptors (Lipinski definition) is 5. The van der Waals surface area contributed by atoms with E-state index in [2.05, 4.69) is 0 Å². The summed E-state index contributed by atoms with van der Waals surface area (Å²) in [7, 11) is 1.62. The Balaban J connectivity index is 1.61. The average Bonchev–Trinajstić information content (AvgIpc) is 3.02. The largest absolute Gasteiger partial charge is 0.497 e. The third-order valence-corrected chi connectivity index (χ3v) is 5.33. The number of benzene rings is 2. The number of nitrogens with zero attached hydrogens (tertiary/aromatic N) is 1. The number of methoxy groups -OCH3 is 1. The Morgan fingerprint density at radius 2 is 1.75 bits per heavy atom. The molecule has 4 rings (SSSR count). The van der Waals surface area contributed by atoms with Crippen molar-refractivity contribution in [2.45, 2.75) is 50.5 Å². The zero-order valence-corrected chi connectivity index (χ0v) is 16.2. The Labute approximate surface area is 164 Å². The molecule has 6 nitrogen and oxygen atoms in total. The van der Waals surface area contributed by atoms with Crippen LogP contribution in [0.15, 0.2) is 54.6 Å². The van der Waals surface area contributed by atoms with Crippen LogP contribution in [-0.4, -0.2) is 47.1 Å². The Kier molecular flexibility index (Phi) is 4.87. The van der Waals surface area contributed by atoms with E-state index >= 15 is 0 Å². The van der Waals surface area contributed by atoms with E-state index in [9.17, 15) is 9.90 Å². The zero-order valence-electron chi connectivity index (χ0n) is 16.2. The number of carbonyl (C=O) groups is 1. The van der Waals surface area contributed by atoms with Gasteiger partial charge in [-0.2, -0.15) is 0 Å². The minimum atomic E-state index is -1.09. The first-order chi connectivity index (χ1) is 13.4. The van der Waals surface area contributed by atoms with Gasteiger partial charge in [-0.3, -0.25) is 4.79 Å². The number of ether oxygens (including phenoxy) is 3. The second-order valence-corrected chi connectivity index (χ2v) is 7.68. The van der Waals surface area contributed by atoms with Gasteiger partial charge in [0.1, 0.15) is 18.0 Å². The van der Waals surface area contributed by atoms with Crippen LogP contribution >= 0.6 is 0 Å². The number of rotatable bonds is 5. The molecule has 0 spiro atoms. The van der Waals surface area contributed by atoms with Crippen molar-refractivity contribution >= 4 is 5.91 Å². The monoisotopic (exact) mass is 383 g/mol. The van der Waals surface area contributed by atoms with Gasteiger partial charge in [-0.1, -0.05) is 42.5 Å². The number of carbonyl (C=O) groups excluding carboxylic acids is 1. The maximum absolute atomic E-state index is 12.4. The molecule has 0 unspecified atom stereocenters. The smallest absolute Gasteiger partial charge is 0.254 e. The summed E-state index contributed by atoms with van der Waals surface area (Å²) >= 11 is 0. The molecule has 0 bridgehead atoms. The predicted octanol–water partition coefficient (Wildman–Crippen LogP) is 2.66. The number of amides is 1. The highest BCUT2D eigenvalue weighted by atomic mass is 16.8. The van der Waals surface area contributed by atoms with Crippen molar-refractivity contribution in [3.63, 3.8) is 0 Å². The van der Waals surface area contributed by atoms with Crippen LogP contribution in [0.2, 0.25) is 0 Å². The van der Waals surface area contributed by atoms with Crippen LogP contribution in [0.25, 0.3) is 0 Å². The van der Waals surface area contributed by atoms with Crippen molar-refractivity contribution in [1.82, 2.24) is 4.90 Å². The van der Waals surface area contributed by atoms with Crippen molar-refractivity contribution in [2.75, 3.05) is 7.11 Å². The van der Waals surface area contributed by atoms with Crippen LogP contribution in [0.3, 0.4) is 0 Å². The van der Waals surface area contributed by atoms with Crippen LogP contribution in [0.1, 0.15) is 31.1 Å². The maximum atomic E-state index is 12.4. The summed E-state index contributed by atoms with van der Waals surface area (Å²) in [6.45, 7) is 4.12. The van der Waals surface area contributed by atoms with E-state index in [0.717, 1.165) is 16.9 Å². The van der Waals surface area contributed by atoms with E-state index in [4.69, 9.17) is 14.2 Å². The molecule has 6 heteroatoms. The molecule has 2 aliphatic rings. The van der Waals surface area contributed by atoms with Crippen LogP contribution in [-0.2, 0) is 20.8 Å². The van der Waals surface area contributed by atoms with Gasteiger partial charge < -0.3 is 24.2 Å². The molecular formula is C22H25NO5. The third-order valence-electron chi connectivity index (χ3n) is 5.33. The second kappa shape index (κ2) is 7.20. The van der Waals surface area contributed by atoms with E-state index in [1.54, 1.807) is 12.0 Å².